The molecule has 2 rings (SSSR count). The molecule has 0 saturated heterocycles. The minimum atomic E-state index is -0.350. The lowest BCUT2D eigenvalue weighted by Crippen LogP contribution is -2.39. The first-order chi connectivity index (χ1) is 8.61. The monoisotopic (exact) mass is 248 g/mol. The largest absolute Gasteiger partial charge is 0.395 e. The Labute approximate surface area is 107 Å². The highest BCUT2D eigenvalue weighted by Crippen LogP contribution is 2.30. The molecule has 0 spiro atoms. The maximum absolute atomic E-state index is 11.9. The van der Waals surface area contributed by atoms with Gasteiger partial charge in [-0.05, 0) is 18.4 Å². The van der Waals surface area contributed by atoms with E-state index in [2.05, 4.69) is 24.5 Å². The van der Waals surface area contributed by atoms with Crippen LogP contribution >= 0.6 is 0 Å². The fraction of sp³-hybridized carbons (Fsp3) is 0.500. The minimum absolute atomic E-state index is 0.0431. The third-order valence-corrected chi connectivity index (χ3v) is 3.17. The smallest absolute Gasteiger partial charge is 0.246 e. The van der Waals surface area contributed by atoms with E-state index in [0.717, 1.165) is 17.7 Å². The zero-order valence-corrected chi connectivity index (χ0v) is 10.8. The number of aliphatic hydroxyl groups is 1. The molecule has 1 aliphatic heterocycles. The predicted octanol–water partition coefficient (Wildman–Crippen LogP) is 1.68. The minimum Gasteiger partial charge on any atom is -0.395 e. The molecule has 1 aliphatic rings. The molecule has 0 radical (unpaired) electrons. The molecule has 0 fully saturated rings. The van der Waals surface area contributed by atoms with Gasteiger partial charge in [-0.3, -0.25) is 10.1 Å². The van der Waals surface area contributed by atoms with Gasteiger partial charge in [0.25, 0.3) is 0 Å². The molecule has 1 aromatic rings. The third kappa shape index (κ3) is 2.71. The van der Waals surface area contributed by atoms with Crippen LogP contribution < -0.4 is 10.6 Å². The molecular weight excluding hydrogens is 228 g/mol. The fourth-order valence-electron chi connectivity index (χ4n) is 2.37. The Balaban J connectivity index is 2.11. The van der Waals surface area contributed by atoms with E-state index in [1.54, 1.807) is 0 Å². The van der Waals surface area contributed by atoms with E-state index in [1.165, 1.54) is 0 Å². The molecule has 2 atom stereocenters. The van der Waals surface area contributed by atoms with Gasteiger partial charge in [-0.1, -0.05) is 32.0 Å². The third-order valence-electron chi connectivity index (χ3n) is 3.17. The standard InChI is InChI=1S/C14H20N2O2/c1-9(2)7-10(8-17)15-13-11-5-3-4-6-12(11)16-14(13)18/h3-6,9-10,13,15,17H,7-8H2,1-2H3,(H,16,18). The molecule has 2 unspecified atom stereocenters. The number of hydrogen-bond donors (Lipinski definition) is 3. The summed E-state index contributed by atoms with van der Waals surface area (Å²) in [5.41, 5.74) is 1.82. The van der Waals surface area contributed by atoms with Crippen molar-refractivity contribution in [3.05, 3.63) is 29.8 Å². The number of nitrogens with one attached hydrogen (secondary N) is 2. The maximum atomic E-state index is 11.9. The van der Waals surface area contributed by atoms with Crippen molar-refractivity contribution in [3.63, 3.8) is 0 Å². The van der Waals surface area contributed by atoms with Gasteiger partial charge in [0.15, 0.2) is 0 Å². The first-order valence-electron chi connectivity index (χ1n) is 6.38. The number of aliphatic hydroxyl groups excluding tert-OH is 1. The normalized spacial score (nSPS) is 19.8. The van der Waals surface area contributed by atoms with Crippen molar-refractivity contribution in [1.82, 2.24) is 5.32 Å². The van der Waals surface area contributed by atoms with Crippen molar-refractivity contribution >= 4 is 11.6 Å². The second kappa shape index (κ2) is 5.50. The van der Waals surface area contributed by atoms with Gasteiger partial charge in [-0.2, -0.15) is 0 Å². The number of carbonyl (C=O) groups is 1. The first-order valence-corrected chi connectivity index (χ1v) is 6.38. The van der Waals surface area contributed by atoms with Crippen molar-refractivity contribution in [2.45, 2.75) is 32.4 Å². The average Bonchev–Trinajstić information content (AvgIpc) is 2.64. The van der Waals surface area contributed by atoms with Gasteiger partial charge in [-0.25, -0.2) is 0 Å². The molecule has 4 heteroatoms. The van der Waals surface area contributed by atoms with Crippen LogP contribution in [0.1, 0.15) is 31.9 Å². The number of rotatable bonds is 5. The van der Waals surface area contributed by atoms with Crippen LogP contribution in [0.2, 0.25) is 0 Å². The van der Waals surface area contributed by atoms with Gasteiger partial charge in [0.1, 0.15) is 6.04 Å². The molecule has 18 heavy (non-hydrogen) atoms. The molecule has 98 valence electrons. The molecule has 0 aliphatic carbocycles. The summed E-state index contributed by atoms with van der Waals surface area (Å²) in [7, 11) is 0. The van der Waals surface area contributed by atoms with Crippen molar-refractivity contribution in [3.8, 4) is 0 Å². The van der Waals surface area contributed by atoms with E-state index < -0.39 is 0 Å². The zero-order valence-electron chi connectivity index (χ0n) is 10.8. The lowest BCUT2D eigenvalue weighted by atomic mass is 10.0. The molecule has 0 bridgehead atoms. The summed E-state index contributed by atoms with van der Waals surface area (Å²) in [5, 5.41) is 15.5. The lowest BCUT2D eigenvalue weighted by molar-refractivity contribution is -0.118. The highest BCUT2D eigenvalue weighted by atomic mass is 16.3. The lowest BCUT2D eigenvalue weighted by Gasteiger charge is -2.21. The molecule has 1 aromatic carbocycles. The number of benzene rings is 1. The van der Waals surface area contributed by atoms with Crippen LogP contribution in [0.3, 0.4) is 0 Å². The van der Waals surface area contributed by atoms with Crippen LogP contribution in [0, 0.1) is 5.92 Å². The van der Waals surface area contributed by atoms with E-state index >= 15 is 0 Å². The molecule has 0 aromatic heterocycles. The van der Waals surface area contributed by atoms with Gasteiger partial charge in [0.2, 0.25) is 5.91 Å². The van der Waals surface area contributed by atoms with E-state index in [0.29, 0.717) is 5.92 Å². The van der Waals surface area contributed by atoms with Crippen LogP contribution in [0.15, 0.2) is 24.3 Å². The van der Waals surface area contributed by atoms with Gasteiger partial charge in [0.05, 0.1) is 6.61 Å². The van der Waals surface area contributed by atoms with E-state index in [-0.39, 0.29) is 24.6 Å². The summed E-state index contributed by atoms with van der Waals surface area (Å²) >= 11 is 0. The predicted molar refractivity (Wildman–Crippen MR) is 71.3 cm³/mol. The van der Waals surface area contributed by atoms with Crippen molar-refractivity contribution in [2.24, 2.45) is 5.92 Å². The number of amides is 1. The molecular formula is C14H20N2O2. The first kappa shape index (κ1) is 13.1. The Morgan fingerprint density at radius 2 is 2.11 bits per heavy atom. The van der Waals surface area contributed by atoms with Gasteiger partial charge < -0.3 is 10.4 Å². The Hall–Kier alpha value is -1.39. The van der Waals surface area contributed by atoms with E-state index in [1.807, 2.05) is 24.3 Å². The zero-order chi connectivity index (χ0) is 13.1. The highest BCUT2D eigenvalue weighted by Gasteiger charge is 2.31. The second-order valence-corrected chi connectivity index (χ2v) is 5.19. The van der Waals surface area contributed by atoms with Gasteiger partial charge in [-0.15, -0.1) is 0 Å². The van der Waals surface area contributed by atoms with E-state index in [4.69, 9.17) is 0 Å². The van der Waals surface area contributed by atoms with Crippen molar-refractivity contribution < 1.29 is 9.90 Å². The average molecular weight is 248 g/mol. The highest BCUT2D eigenvalue weighted by molar-refractivity contribution is 6.02. The summed E-state index contributed by atoms with van der Waals surface area (Å²) in [6, 6.07) is 7.26. The molecule has 1 amide bonds. The Morgan fingerprint density at radius 1 is 1.39 bits per heavy atom. The number of anilines is 1. The molecule has 1 heterocycles. The number of fused-ring (bicyclic) bond motifs is 1. The van der Waals surface area contributed by atoms with E-state index in [9.17, 15) is 9.90 Å². The van der Waals surface area contributed by atoms with Crippen LogP contribution in [0.25, 0.3) is 0 Å². The Bertz CT molecular complexity index is 432. The summed E-state index contributed by atoms with van der Waals surface area (Å²) < 4.78 is 0. The maximum Gasteiger partial charge on any atom is 0.246 e. The Morgan fingerprint density at radius 3 is 2.78 bits per heavy atom. The topological polar surface area (TPSA) is 61.4 Å². The molecule has 0 saturated carbocycles. The number of para-hydroxylation sites is 1. The quantitative estimate of drug-likeness (QED) is 0.743. The van der Waals surface area contributed by atoms with Crippen LogP contribution in [-0.2, 0) is 4.79 Å². The second-order valence-electron chi connectivity index (χ2n) is 5.19. The van der Waals surface area contributed by atoms with Gasteiger partial charge in [0, 0.05) is 17.3 Å². The fourth-order valence-corrected chi connectivity index (χ4v) is 2.37. The van der Waals surface area contributed by atoms with Crippen molar-refractivity contribution in [1.29, 1.82) is 0 Å². The Kier molecular flexibility index (Phi) is 3.99. The van der Waals surface area contributed by atoms with Crippen LogP contribution in [-0.4, -0.2) is 23.7 Å². The van der Waals surface area contributed by atoms with Crippen LogP contribution in [0.4, 0.5) is 5.69 Å². The number of carbonyl (C=O) groups excluding carboxylic acids is 1. The SMILES string of the molecule is CC(C)CC(CO)NC1C(=O)Nc2ccccc21. The summed E-state index contributed by atoms with van der Waals surface area (Å²) in [4.78, 5) is 11.9. The molecule has 4 nitrogen and oxygen atoms in total. The van der Waals surface area contributed by atoms with Crippen LogP contribution in [0.5, 0.6) is 0 Å². The number of hydrogen-bond acceptors (Lipinski definition) is 3. The summed E-state index contributed by atoms with van der Waals surface area (Å²) in [5.74, 6) is 0.438. The van der Waals surface area contributed by atoms with Crippen molar-refractivity contribution in [2.75, 3.05) is 11.9 Å². The summed E-state index contributed by atoms with van der Waals surface area (Å²) in [6.07, 6.45) is 0.850. The molecule has 3 N–H and O–H groups in total. The van der Waals surface area contributed by atoms with Gasteiger partial charge >= 0.3 is 0 Å². The summed E-state index contributed by atoms with van der Waals surface area (Å²) in [6.45, 7) is 4.25.